The molecule has 1 aromatic carbocycles. The van der Waals surface area contributed by atoms with Gasteiger partial charge in [0.05, 0.1) is 22.3 Å². The number of nitroso groups, excluding NO2 is 1. The Morgan fingerprint density at radius 3 is 2.58 bits per heavy atom. The van der Waals surface area contributed by atoms with Crippen molar-refractivity contribution in [3.05, 3.63) is 33.5 Å². The van der Waals surface area contributed by atoms with Gasteiger partial charge >= 0.3 is 0 Å². The summed E-state index contributed by atoms with van der Waals surface area (Å²) in [5, 5.41) is 1.92. The SMILES string of the molecule is CCCOc1ccc(S(=O)(=O)C(C)C)cc1-c1nc(N)c(N=O)c(=O)[nH]1. The van der Waals surface area contributed by atoms with Crippen LogP contribution in [0.2, 0.25) is 0 Å². The Morgan fingerprint density at radius 1 is 1.35 bits per heavy atom. The number of hydrogen-bond acceptors (Lipinski definition) is 8. The summed E-state index contributed by atoms with van der Waals surface area (Å²) in [6.07, 6.45) is 0.728. The third-order valence-electron chi connectivity index (χ3n) is 3.63. The summed E-state index contributed by atoms with van der Waals surface area (Å²) in [4.78, 5) is 29.0. The molecule has 0 atom stereocenters. The van der Waals surface area contributed by atoms with Crippen LogP contribution >= 0.6 is 0 Å². The van der Waals surface area contributed by atoms with Gasteiger partial charge in [0.25, 0.3) is 5.56 Å². The third kappa shape index (κ3) is 3.74. The molecule has 0 saturated heterocycles. The van der Waals surface area contributed by atoms with Gasteiger partial charge in [0, 0.05) is 0 Å². The van der Waals surface area contributed by atoms with Crippen LogP contribution in [-0.4, -0.2) is 30.2 Å². The van der Waals surface area contributed by atoms with E-state index in [0.29, 0.717) is 12.4 Å². The fourth-order valence-electron chi connectivity index (χ4n) is 2.18. The number of nitrogens with two attached hydrogens (primary N) is 1. The maximum atomic E-state index is 12.5. The van der Waals surface area contributed by atoms with Crippen LogP contribution in [0.4, 0.5) is 11.5 Å². The molecule has 10 heteroatoms. The number of aromatic amines is 1. The van der Waals surface area contributed by atoms with Crippen LogP contribution in [0.5, 0.6) is 5.75 Å². The highest BCUT2D eigenvalue weighted by molar-refractivity contribution is 7.92. The van der Waals surface area contributed by atoms with Crippen molar-refractivity contribution in [3.63, 3.8) is 0 Å². The minimum Gasteiger partial charge on any atom is -0.493 e. The number of ether oxygens (including phenoxy) is 1. The number of rotatable bonds is 7. The molecule has 0 unspecified atom stereocenters. The molecule has 1 aromatic heterocycles. The van der Waals surface area contributed by atoms with Crippen LogP contribution in [0, 0.1) is 4.91 Å². The lowest BCUT2D eigenvalue weighted by atomic mass is 10.2. The summed E-state index contributed by atoms with van der Waals surface area (Å²) in [6.45, 7) is 5.44. The first-order valence-corrected chi connectivity index (χ1v) is 9.51. The van der Waals surface area contributed by atoms with Gasteiger partial charge in [-0.05, 0) is 43.6 Å². The predicted molar refractivity (Wildman–Crippen MR) is 98.3 cm³/mol. The van der Waals surface area contributed by atoms with E-state index in [0.717, 1.165) is 6.42 Å². The summed E-state index contributed by atoms with van der Waals surface area (Å²) in [7, 11) is -3.55. The zero-order valence-electron chi connectivity index (χ0n) is 14.6. The Morgan fingerprint density at radius 2 is 2.04 bits per heavy atom. The summed E-state index contributed by atoms with van der Waals surface area (Å²) in [5.41, 5.74) is 4.51. The van der Waals surface area contributed by atoms with Crippen molar-refractivity contribution in [2.75, 3.05) is 12.3 Å². The van der Waals surface area contributed by atoms with E-state index in [1.165, 1.54) is 18.2 Å². The van der Waals surface area contributed by atoms with E-state index >= 15 is 0 Å². The van der Waals surface area contributed by atoms with Gasteiger partial charge in [0.15, 0.2) is 15.7 Å². The number of nitrogens with one attached hydrogen (secondary N) is 1. The van der Waals surface area contributed by atoms with Crippen molar-refractivity contribution in [1.82, 2.24) is 9.97 Å². The van der Waals surface area contributed by atoms with Crippen LogP contribution in [-0.2, 0) is 9.84 Å². The molecule has 2 aromatic rings. The second kappa shape index (κ2) is 7.65. The second-order valence-electron chi connectivity index (χ2n) is 5.84. The molecule has 26 heavy (non-hydrogen) atoms. The molecule has 0 bridgehead atoms. The molecule has 0 fully saturated rings. The largest absolute Gasteiger partial charge is 0.493 e. The van der Waals surface area contributed by atoms with Gasteiger partial charge in [-0.15, -0.1) is 4.91 Å². The first-order valence-electron chi connectivity index (χ1n) is 7.96. The number of nitrogen functional groups attached to an aromatic ring is 1. The quantitative estimate of drug-likeness (QED) is 0.701. The predicted octanol–water partition coefficient (Wildman–Crippen LogP) is 2.39. The van der Waals surface area contributed by atoms with E-state index in [4.69, 9.17) is 10.5 Å². The smallest absolute Gasteiger partial charge is 0.282 e. The van der Waals surface area contributed by atoms with Gasteiger partial charge in [-0.3, -0.25) is 4.79 Å². The highest BCUT2D eigenvalue weighted by Crippen LogP contribution is 2.32. The average Bonchev–Trinajstić information content (AvgIpc) is 2.59. The molecular weight excluding hydrogens is 360 g/mol. The number of anilines is 1. The summed E-state index contributed by atoms with van der Waals surface area (Å²) in [5.74, 6) is -0.0203. The molecule has 9 nitrogen and oxygen atoms in total. The van der Waals surface area contributed by atoms with E-state index in [9.17, 15) is 18.1 Å². The van der Waals surface area contributed by atoms with Gasteiger partial charge in [0.1, 0.15) is 11.6 Å². The lowest BCUT2D eigenvalue weighted by molar-refractivity contribution is 0.318. The lowest BCUT2D eigenvalue weighted by Gasteiger charge is -2.14. The molecule has 1 heterocycles. The van der Waals surface area contributed by atoms with Gasteiger partial charge in [-0.25, -0.2) is 13.4 Å². The maximum Gasteiger partial charge on any atom is 0.282 e. The van der Waals surface area contributed by atoms with E-state index in [1.54, 1.807) is 13.8 Å². The van der Waals surface area contributed by atoms with E-state index in [1.807, 2.05) is 6.92 Å². The topological polar surface area (TPSA) is 145 Å². The third-order valence-corrected chi connectivity index (χ3v) is 5.78. The molecule has 0 amide bonds. The Hall–Kier alpha value is -2.75. The molecule has 0 saturated carbocycles. The average molecular weight is 380 g/mol. The fraction of sp³-hybridized carbons (Fsp3) is 0.375. The Kier molecular flexibility index (Phi) is 5.76. The highest BCUT2D eigenvalue weighted by atomic mass is 32.2. The van der Waals surface area contributed by atoms with Gasteiger partial charge < -0.3 is 15.5 Å². The normalized spacial score (nSPS) is 11.5. The zero-order valence-corrected chi connectivity index (χ0v) is 15.5. The van der Waals surface area contributed by atoms with E-state index in [2.05, 4.69) is 15.1 Å². The van der Waals surface area contributed by atoms with Crippen molar-refractivity contribution < 1.29 is 13.2 Å². The zero-order chi connectivity index (χ0) is 19.5. The van der Waals surface area contributed by atoms with Crippen LogP contribution < -0.4 is 16.0 Å². The van der Waals surface area contributed by atoms with Crippen LogP contribution in [0.25, 0.3) is 11.4 Å². The second-order valence-corrected chi connectivity index (χ2v) is 8.34. The minimum absolute atomic E-state index is 0.00758. The minimum atomic E-state index is -3.55. The molecule has 0 aliphatic heterocycles. The van der Waals surface area contributed by atoms with Crippen molar-refractivity contribution >= 4 is 21.3 Å². The molecule has 2 rings (SSSR count). The Labute approximate surface area is 150 Å². The van der Waals surface area contributed by atoms with Crippen molar-refractivity contribution in [1.29, 1.82) is 0 Å². The molecule has 0 aliphatic rings. The first-order chi connectivity index (χ1) is 12.2. The number of hydrogen-bond donors (Lipinski definition) is 2. The van der Waals surface area contributed by atoms with E-state index < -0.39 is 26.3 Å². The molecule has 0 radical (unpaired) electrons. The van der Waals surface area contributed by atoms with Gasteiger partial charge in [-0.2, -0.15) is 0 Å². The van der Waals surface area contributed by atoms with Gasteiger partial charge in [0.2, 0.25) is 5.69 Å². The molecular formula is C16H20N4O5S. The highest BCUT2D eigenvalue weighted by Gasteiger charge is 2.22. The van der Waals surface area contributed by atoms with Crippen molar-refractivity contribution in [2.45, 2.75) is 37.3 Å². The summed E-state index contributed by atoms with van der Waals surface area (Å²) >= 11 is 0. The standard InChI is InChI=1S/C16H20N4O5S/c1-4-7-25-12-6-5-10(26(23,24)9(2)3)8-11(12)15-18-14(17)13(20-22)16(21)19-15/h5-6,8-9H,4,7H2,1-3H3,(H3,17,18,19,21). The van der Waals surface area contributed by atoms with Crippen LogP contribution in [0.1, 0.15) is 27.2 Å². The van der Waals surface area contributed by atoms with Crippen LogP contribution in [0.3, 0.4) is 0 Å². The van der Waals surface area contributed by atoms with Crippen molar-refractivity contribution in [2.24, 2.45) is 5.18 Å². The Bertz CT molecular complexity index is 983. The molecule has 0 spiro atoms. The number of H-pyrrole nitrogens is 1. The number of aromatic nitrogens is 2. The van der Waals surface area contributed by atoms with Crippen LogP contribution in [0.15, 0.2) is 33.1 Å². The molecule has 3 N–H and O–H groups in total. The number of benzene rings is 1. The monoisotopic (exact) mass is 380 g/mol. The molecule has 140 valence electrons. The fourth-order valence-corrected chi connectivity index (χ4v) is 3.27. The Balaban J connectivity index is 2.71. The first kappa shape index (κ1) is 19.6. The lowest BCUT2D eigenvalue weighted by Crippen LogP contribution is -2.15. The summed E-state index contributed by atoms with van der Waals surface area (Å²) in [6, 6.07) is 4.31. The van der Waals surface area contributed by atoms with Crippen molar-refractivity contribution in [3.8, 4) is 17.1 Å². The number of nitrogens with zero attached hydrogens (tertiary/aromatic N) is 2. The van der Waals surface area contributed by atoms with Gasteiger partial charge in [-0.1, -0.05) is 6.92 Å². The summed E-state index contributed by atoms with van der Waals surface area (Å²) < 4.78 is 30.5. The molecule has 0 aliphatic carbocycles. The van der Waals surface area contributed by atoms with E-state index in [-0.39, 0.29) is 22.1 Å². The maximum absolute atomic E-state index is 12.5. The number of sulfone groups is 1.